The molecule has 0 aliphatic carbocycles. The maximum absolute atomic E-state index is 10.8. The maximum atomic E-state index is 10.8. The second-order valence-electron chi connectivity index (χ2n) is 2.79. The van der Waals surface area contributed by atoms with Crippen LogP contribution in [0, 0.1) is 0 Å². The topological polar surface area (TPSA) is 112 Å². The van der Waals surface area contributed by atoms with E-state index in [1.807, 2.05) is 0 Å². The molecule has 0 spiro atoms. The lowest BCUT2D eigenvalue weighted by molar-refractivity contribution is -0.151. The minimum atomic E-state index is -5.16. The third kappa shape index (κ3) is 1.84. The molecule has 0 heterocycles. The average molecular weight is 232 g/mol. The molecular weight excluding hydrogens is 224 g/mol. The van der Waals surface area contributed by atoms with E-state index < -0.39 is 26.6 Å². The van der Waals surface area contributed by atoms with Crippen molar-refractivity contribution in [1.82, 2.24) is 0 Å². The lowest BCUT2D eigenvalue weighted by Crippen LogP contribution is -2.43. The van der Waals surface area contributed by atoms with Crippen LogP contribution in [0.2, 0.25) is 0 Å². The zero-order valence-electron chi connectivity index (χ0n) is 7.36. The quantitative estimate of drug-likeness (QED) is 0.622. The fraction of sp³-hybridized carbons (Fsp3) is 0.125. The Morgan fingerprint density at radius 3 is 2.00 bits per heavy atom. The first kappa shape index (κ1) is 11.6. The van der Waals surface area contributed by atoms with Gasteiger partial charge < -0.3 is 10.2 Å². The summed E-state index contributed by atoms with van der Waals surface area (Å²) in [5, 5.41) is 18.1. The summed E-state index contributed by atoms with van der Waals surface area (Å²) in [4.78, 5) is 7.35. The van der Waals surface area contributed by atoms with Gasteiger partial charge >= 0.3 is 21.0 Å². The SMILES string of the molecule is O=C(O)C(O)(c1ccccc1)S(=O)(=O)O. The number of carbonyl (C=O) groups is 1. The molecular formula is C8H8O6S. The van der Waals surface area contributed by atoms with Crippen LogP contribution in [0.1, 0.15) is 5.56 Å². The van der Waals surface area contributed by atoms with E-state index in [0.717, 1.165) is 12.1 Å². The molecule has 0 saturated carbocycles. The Bertz CT molecular complexity index is 465. The average Bonchev–Trinajstić information content (AvgIpc) is 2.16. The van der Waals surface area contributed by atoms with E-state index in [9.17, 15) is 18.3 Å². The van der Waals surface area contributed by atoms with Gasteiger partial charge in [0.15, 0.2) is 0 Å². The zero-order valence-corrected chi connectivity index (χ0v) is 8.18. The van der Waals surface area contributed by atoms with Gasteiger partial charge in [0.05, 0.1) is 0 Å². The van der Waals surface area contributed by atoms with Crippen LogP contribution in [0.25, 0.3) is 0 Å². The first-order chi connectivity index (χ1) is 6.80. The molecule has 6 nitrogen and oxygen atoms in total. The highest BCUT2D eigenvalue weighted by molar-refractivity contribution is 7.87. The van der Waals surface area contributed by atoms with Gasteiger partial charge in [0.2, 0.25) is 0 Å². The van der Waals surface area contributed by atoms with Crippen LogP contribution in [0.3, 0.4) is 0 Å². The molecule has 0 aromatic heterocycles. The fourth-order valence-electron chi connectivity index (χ4n) is 1.05. The summed E-state index contributed by atoms with van der Waals surface area (Å²) in [5.41, 5.74) is -0.431. The molecule has 7 heteroatoms. The summed E-state index contributed by atoms with van der Waals surface area (Å²) < 4.78 is 30.3. The van der Waals surface area contributed by atoms with Crippen molar-refractivity contribution in [2.24, 2.45) is 0 Å². The number of hydrogen-bond donors (Lipinski definition) is 3. The molecule has 0 aliphatic heterocycles. The van der Waals surface area contributed by atoms with Crippen LogP contribution >= 0.6 is 0 Å². The van der Waals surface area contributed by atoms with Crippen LogP contribution in [-0.2, 0) is 19.8 Å². The molecule has 0 fully saturated rings. The first-order valence-corrected chi connectivity index (χ1v) is 5.22. The Labute approximate surface area is 85.5 Å². The van der Waals surface area contributed by atoms with Gasteiger partial charge in [0, 0.05) is 5.56 Å². The van der Waals surface area contributed by atoms with E-state index >= 15 is 0 Å². The van der Waals surface area contributed by atoms with Gasteiger partial charge in [0.1, 0.15) is 0 Å². The van der Waals surface area contributed by atoms with E-state index in [2.05, 4.69) is 0 Å². The van der Waals surface area contributed by atoms with E-state index in [1.165, 1.54) is 18.2 Å². The lowest BCUT2D eigenvalue weighted by Gasteiger charge is -2.19. The second-order valence-corrected chi connectivity index (χ2v) is 4.33. The molecule has 1 aromatic rings. The number of benzene rings is 1. The summed E-state index contributed by atoms with van der Waals surface area (Å²) in [6.07, 6.45) is 0. The van der Waals surface area contributed by atoms with E-state index in [-0.39, 0.29) is 0 Å². The van der Waals surface area contributed by atoms with Crippen molar-refractivity contribution in [2.45, 2.75) is 4.93 Å². The molecule has 1 unspecified atom stereocenters. The largest absolute Gasteiger partial charge is 0.478 e. The number of carboxylic acid groups (broad SMARTS) is 1. The van der Waals surface area contributed by atoms with Crippen molar-refractivity contribution >= 4 is 16.1 Å². The molecule has 1 aromatic carbocycles. The van der Waals surface area contributed by atoms with Gasteiger partial charge in [0.25, 0.3) is 0 Å². The van der Waals surface area contributed by atoms with Gasteiger partial charge in [-0.05, 0) is 0 Å². The summed E-state index contributed by atoms with van der Waals surface area (Å²) in [6, 6.07) is 6.36. The Balaban J connectivity index is 3.46. The van der Waals surface area contributed by atoms with Crippen LogP contribution in [0.15, 0.2) is 30.3 Å². The van der Waals surface area contributed by atoms with E-state index in [1.54, 1.807) is 0 Å². The molecule has 1 atom stereocenters. The van der Waals surface area contributed by atoms with Crippen LogP contribution < -0.4 is 0 Å². The summed E-state index contributed by atoms with van der Waals surface area (Å²) in [6.45, 7) is 0. The van der Waals surface area contributed by atoms with Crippen molar-refractivity contribution < 1.29 is 28.0 Å². The highest BCUT2D eigenvalue weighted by atomic mass is 32.2. The predicted molar refractivity (Wildman–Crippen MR) is 49.5 cm³/mol. The molecule has 0 radical (unpaired) electrons. The number of rotatable bonds is 3. The van der Waals surface area contributed by atoms with E-state index in [0.29, 0.717) is 0 Å². The van der Waals surface area contributed by atoms with Gasteiger partial charge in [-0.2, -0.15) is 8.42 Å². The first-order valence-electron chi connectivity index (χ1n) is 3.78. The molecule has 82 valence electrons. The van der Waals surface area contributed by atoms with Gasteiger partial charge in [-0.3, -0.25) is 4.55 Å². The molecule has 0 saturated heterocycles. The highest BCUT2D eigenvalue weighted by Gasteiger charge is 2.50. The minimum Gasteiger partial charge on any atom is -0.478 e. The molecule has 0 aliphatic rings. The van der Waals surface area contributed by atoms with Crippen LogP contribution in [0.5, 0.6) is 0 Å². The minimum absolute atomic E-state index is 0.431. The summed E-state index contributed by atoms with van der Waals surface area (Å²) >= 11 is 0. The molecule has 1 rings (SSSR count). The highest BCUT2D eigenvalue weighted by Crippen LogP contribution is 2.26. The Morgan fingerprint density at radius 2 is 1.67 bits per heavy atom. The Kier molecular flexibility index (Phi) is 2.80. The van der Waals surface area contributed by atoms with Gasteiger partial charge in [-0.15, -0.1) is 0 Å². The fourth-order valence-corrected chi connectivity index (χ4v) is 1.70. The van der Waals surface area contributed by atoms with Crippen LogP contribution in [-0.4, -0.2) is 29.2 Å². The standard InChI is InChI=1S/C8H8O6S/c9-7(10)8(11,15(12,13)14)6-4-2-1-3-5-6/h1-5,11H,(H,9,10)(H,12,13,14). The normalized spacial score (nSPS) is 15.6. The smallest absolute Gasteiger partial charge is 0.359 e. The van der Waals surface area contributed by atoms with Crippen molar-refractivity contribution in [3.8, 4) is 0 Å². The van der Waals surface area contributed by atoms with Gasteiger partial charge in [-0.25, -0.2) is 4.79 Å². The number of carboxylic acids is 1. The monoisotopic (exact) mass is 232 g/mol. The van der Waals surface area contributed by atoms with E-state index in [4.69, 9.17) is 9.66 Å². The molecule has 0 amide bonds. The maximum Gasteiger partial charge on any atom is 0.359 e. The van der Waals surface area contributed by atoms with Crippen molar-refractivity contribution in [1.29, 1.82) is 0 Å². The third-order valence-electron chi connectivity index (χ3n) is 1.83. The van der Waals surface area contributed by atoms with Crippen LogP contribution in [0.4, 0.5) is 0 Å². The van der Waals surface area contributed by atoms with Gasteiger partial charge in [-0.1, -0.05) is 30.3 Å². The van der Waals surface area contributed by atoms with Crippen molar-refractivity contribution in [3.63, 3.8) is 0 Å². The lowest BCUT2D eigenvalue weighted by atomic mass is 10.1. The Morgan fingerprint density at radius 1 is 1.20 bits per heavy atom. The summed E-state index contributed by atoms with van der Waals surface area (Å²) in [5.74, 6) is -2.06. The van der Waals surface area contributed by atoms with Crippen molar-refractivity contribution in [3.05, 3.63) is 35.9 Å². The Hall–Kier alpha value is -1.44. The summed E-state index contributed by atoms with van der Waals surface area (Å²) in [7, 11) is -5.16. The van der Waals surface area contributed by atoms with Crippen molar-refractivity contribution in [2.75, 3.05) is 0 Å². The molecule has 15 heavy (non-hydrogen) atoms. The number of aliphatic carboxylic acids is 1. The zero-order chi connectivity index (χ0) is 11.7. The molecule has 3 N–H and O–H groups in total. The predicted octanol–water partition coefficient (Wildman–Crippen LogP) is -0.196. The molecule has 0 bridgehead atoms. The number of aliphatic hydroxyl groups is 1. The second kappa shape index (κ2) is 3.61. The number of hydrogen-bond acceptors (Lipinski definition) is 4. The third-order valence-corrected chi connectivity index (χ3v) is 2.99.